The van der Waals surface area contributed by atoms with Gasteiger partial charge in [-0.2, -0.15) is 0 Å². The van der Waals surface area contributed by atoms with Gasteiger partial charge in [-0.05, 0) is 42.9 Å². The minimum absolute atomic E-state index is 0.834. The molecule has 2 aromatic rings. The molecule has 1 saturated carbocycles. The molecule has 3 rings (SSSR count). The number of benzene rings is 1. The lowest BCUT2D eigenvalue weighted by atomic mass is 10.0. The standard InChI is InChI=1S/C16H21N3/c1-2-5-15(13-7-8-13)14(4-1)12-17-9-3-6-16-18-10-11-19-16/h1-2,4-5,10-11,13,17H,3,6-9,12H2,(H,18,19). The summed E-state index contributed by atoms with van der Waals surface area (Å²) in [5.74, 6) is 1.92. The van der Waals surface area contributed by atoms with E-state index in [2.05, 4.69) is 39.6 Å². The molecule has 0 saturated heterocycles. The number of hydrogen-bond donors (Lipinski definition) is 2. The number of H-pyrrole nitrogens is 1. The van der Waals surface area contributed by atoms with Crippen molar-refractivity contribution in [2.24, 2.45) is 0 Å². The zero-order valence-corrected chi connectivity index (χ0v) is 11.2. The molecule has 3 heteroatoms. The van der Waals surface area contributed by atoms with E-state index in [0.717, 1.165) is 37.7 Å². The molecule has 1 aliphatic carbocycles. The molecule has 0 unspecified atom stereocenters. The van der Waals surface area contributed by atoms with E-state index >= 15 is 0 Å². The zero-order valence-electron chi connectivity index (χ0n) is 11.2. The number of hydrogen-bond acceptors (Lipinski definition) is 2. The molecular weight excluding hydrogens is 234 g/mol. The van der Waals surface area contributed by atoms with Crippen LogP contribution in [-0.4, -0.2) is 16.5 Å². The van der Waals surface area contributed by atoms with Crippen molar-refractivity contribution in [2.45, 2.75) is 38.1 Å². The summed E-state index contributed by atoms with van der Waals surface area (Å²) >= 11 is 0. The molecule has 3 nitrogen and oxygen atoms in total. The van der Waals surface area contributed by atoms with E-state index in [4.69, 9.17) is 0 Å². The van der Waals surface area contributed by atoms with Gasteiger partial charge >= 0.3 is 0 Å². The summed E-state index contributed by atoms with van der Waals surface area (Å²) in [6.45, 7) is 2.03. The molecule has 1 aliphatic rings. The van der Waals surface area contributed by atoms with E-state index < -0.39 is 0 Å². The van der Waals surface area contributed by atoms with Gasteiger partial charge in [-0.25, -0.2) is 4.98 Å². The Morgan fingerprint density at radius 3 is 2.95 bits per heavy atom. The molecule has 0 radical (unpaired) electrons. The number of aromatic nitrogens is 2. The average molecular weight is 255 g/mol. The van der Waals surface area contributed by atoms with Gasteiger partial charge in [-0.15, -0.1) is 0 Å². The lowest BCUT2D eigenvalue weighted by Gasteiger charge is -2.09. The zero-order chi connectivity index (χ0) is 12.9. The molecule has 100 valence electrons. The molecule has 1 aromatic carbocycles. The van der Waals surface area contributed by atoms with E-state index in [9.17, 15) is 0 Å². The Labute approximate surface area is 114 Å². The number of aryl methyl sites for hydroxylation is 1. The average Bonchev–Trinajstić information content (AvgIpc) is 3.16. The van der Waals surface area contributed by atoms with Crippen molar-refractivity contribution in [1.82, 2.24) is 15.3 Å². The smallest absolute Gasteiger partial charge is 0.106 e. The van der Waals surface area contributed by atoms with E-state index in [1.165, 1.54) is 18.4 Å². The molecule has 0 aliphatic heterocycles. The first-order valence-electron chi connectivity index (χ1n) is 7.20. The van der Waals surface area contributed by atoms with Gasteiger partial charge in [0.15, 0.2) is 0 Å². The SMILES string of the molecule is c1ccc(C2CC2)c(CNCCCc2ncc[nH]2)c1. The van der Waals surface area contributed by atoms with Crippen LogP contribution in [0.4, 0.5) is 0 Å². The first-order chi connectivity index (χ1) is 9.43. The maximum absolute atomic E-state index is 4.23. The van der Waals surface area contributed by atoms with Crippen LogP contribution < -0.4 is 5.32 Å². The van der Waals surface area contributed by atoms with Crippen LogP contribution in [-0.2, 0) is 13.0 Å². The number of aromatic amines is 1. The third kappa shape index (κ3) is 3.44. The van der Waals surface area contributed by atoms with Crippen molar-refractivity contribution in [3.63, 3.8) is 0 Å². The van der Waals surface area contributed by atoms with Crippen molar-refractivity contribution in [3.8, 4) is 0 Å². The van der Waals surface area contributed by atoms with Gasteiger partial charge in [0, 0.05) is 25.4 Å². The van der Waals surface area contributed by atoms with Crippen LogP contribution >= 0.6 is 0 Å². The largest absolute Gasteiger partial charge is 0.349 e. The second-order valence-electron chi connectivity index (χ2n) is 5.29. The third-order valence-corrected chi connectivity index (χ3v) is 3.71. The van der Waals surface area contributed by atoms with E-state index in [1.54, 1.807) is 5.56 Å². The molecule has 0 amide bonds. The molecular formula is C16H21N3. The van der Waals surface area contributed by atoms with Crippen LogP contribution in [0.25, 0.3) is 0 Å². The van der Waals surface area contributed by atoms with E-state index in [-0.39, 0.29) is 0 Å². The molecule has 2 N–H and O–H groups in total. The fourth-order valence-electron chi connectivity index (χ4n) is 2.53. The summed E-state index contributed by atoms with van der Waals surface area (Å²) in [4.78, 5) is 7.37. The van der Waals surface area contributed by atoms with Gasteiger partial charge in [0.25, 0.3) is 0 Å². The molecule has 1 heterocycles. The summed E-state index contributed by atoms with van der Waals surface area (Å²) in [7, 11) is 0. The third-order valence-electron chi connectivity index (χ3n) is 3.71. The number of nitrogens with one attached hydrogen (secondary N) is 2. The van der Waals surface area contributed by atoms with Gasteiger partial charge < -0.3 is 10.3 Å². The Bertz CT molecular complexity index is 500. The van der Waals surface area contributed by atoms with Gasteiger partial charge in [0.05, 0.1) is 0 Å². The summed E-state index contributed by atoms with van der Waals surface area (Å²) in [6, 6.07) is 8.85. The number of imidazole rings is 1. The van der Waals surface area contributed by atoms with Crippen molar-refractivity contribution in [1.29, 1.82) is 0 Å². The van der Waals surface area contributed by atoms with Gasteiger partial charge in [-0.1, -0.05) is 24.3 Å². The molecule has 19 heavy (non-hydrogen) atoms. The minimum Gasteiger partial charge on any atom is -0.349 e. The van der Waals surface area contributed by atoms with Gasteiger partial charge in [0.1, 0.15) is 5.82 Å². The monoisotopic (exact) mass is 255 g/mol. The minimum atomic E-state index is 0.834. The Morgan fingerprint density at radius 1 is 1.26 bits per heavy atom. The Balaban J connectivity index is 1.42. The van der Waals surface area contributed by atoms with Crippen LogP contribution in [0.2, 0.25) is 0 Å². The summed E-state index contributed by atoms with van der Waals surface area (Å²) in [6.07, 6.45) is 8.58. The summed E-state index contributed by atoms with van der Waals surface area (Å²) in [5, 5.41) is 3.55. The fraction of sp³-hybridized carbons (Fsp3) is 0.438. The molecule has 0 spiro atoms. The molecule has 0 atom stereocenters. The Hall–Kier alpha value is -1.61. The fourth-order valence-corrected chi connectivity index (χ4v) is 2.53. The van der Waals surface area contributed by atoms with Crippen LogP contribution in [0, 0.1) is 0 Å². The quantitative estimate of drug-likeness (QED) is 0.747. The van der Waals surface area contributed by atoms with E-state index in [0.29, 0.717) is 0 Å². The molecule has 1 aromatic heterocycles. The highest BCUT2D eigenvalue weighted by atomic mass is 14.9. The van der Waals surface area contributed by atoms with Crippen LogP contribution in [0.5, 0.6) is 0 Å². The Morgan fingerprint density at radius 2 is 2.16 bits per heavy atom. The maximum Gasteiger partial charge on any atom is 0.106 e. The number of rotatable bonds is 7. The highest BCUT2D eigenvalue weighted by Crippen LogP contribution is 2.41. The van der Waals surface area contributed by atoms with Crippen LogP contribution in [0.1, 0.15) is 42.1 Å². The predicted octanol–water partition coefficient (Wildman–Crippen LogP) is 3.01. The number of nitrogens with zero attached hydrogens (tertiary/aromatic N) is 1. The van der Waals surface area contributed by atoms with Crippen molar-refractivity contribution in [2.75, 3.05) is 6.54 Å². The normalized spacial score (nSPS) is 14.7. The highest BCUT2D eigenvalue weighted by Gasteiger charge is 2.25. The maximum atomic E-state index is 4.23. The highest BCUT2D eigenvalue weighted by molar-refractivity contribution is 5.33. The topological polar surface area (TPSA) is 40.7 Å². The van der Waals surface area contributed by atoms with Crippen molar-refractivity contribution < 1.29 is 0 Å². The van der Waals surface area contributed by atoms with E-state index in [1.807, 2.05) is 12.4 Å². The first-order valence-corrected chi connectivity index (χ1v) is 7.20. The Kier molecular flexibility index (Phi) is 3.94. The summed E-state index contributed by atoms with van der Waals surface area (Å²) < 4.78 is 0. The lowest BCUT2D eigenvalue weighted by Crippen LogP contribution is -2.16. The van der Waals surface area contributed by atoms with Crippen LogP contribution in [0.3, 0.4) is 0 Å². The molecule has 0 bridgehead atoms. The van der Waals surface area contributed by atoms with Crippen molar-refractivity contribution >= 4 is 0 Å². The second-order valence-corrected chi connectivity index (χ2v) is 5.29. The summed E-state index contributed by atoms with van der Waals surface area (Å²) in [5.41, 5.74) is 3.03. The van der Waals surface area contributed by atoms with Gasteiger partial charge in [-0.3, -0.25) is 0 Å². The van der Waals surface area contributed by atoms with Crippen LogP contribution in [0.15, 0.2) is 36.7 Å². The van der Waals surface area contributed by atoms with Gasteiger partial charge in [0.2, 0.25) is 0 Å². The lowest BCUT2D eigenvalue weighted by molar-refractivity contribution is 0.638. The molecule has 1 fully saturated rings. The predicted molar refractivity (Wildman–Crippen MR) is 77.0 cm³/mol. The van der Waals surface area contributed by atoms with Crippen molar-refractivity contribution in [3.05, 3.63) is 53.6 Å². The first kappa shape index (κ1) is 12.4. The second kappa shape index (κ2) is 6.02.